The molecule has 2 rings (SSSR count). The highest BCUT2D eigenvalue weighted by molar-refractivity contribution is 6.00. The fourth-order valence-corrected chi connectivity index (χ4v) is 1.71. The van der Waals surface area contributed by atoms with Crippen LogP contribution in [0.5, 0.6) is 5.88 Å². The predicted octanol–water partition coefficient (Wildman–Crippen LogP) is -0.104. The monoisotopic (exact) mass is 304 g/mol. The third kappa shape index (κ3) is 3.78. The molecule has 9 heteroatoms. The van der Waals surface area contributed by atoms with Crippen molar-refractivity contribution in [2.45, 2.75) is 6.92 Å². The van der Waals surface area contributed by atoms with Crippen LogP contribution in [0, 0.1) is 6.92 Å². The number of carbonyl (C=O) groups excluding carboxylic acids is 2. The van der Waals surface area contributed by atoms with Crippen LogP contribution >= 0.6 is 0 Å². The number of hydrogen-bond acceptors (Lipinski definition) is 6. The average molecular weight is 304 g/mol. The molecule has 116 valence electrons. The Morgan fingerprint density at radius 1 is 1.41 bits per heavy atom. The van der Waals surface area contributed by atoms with Crippen LogP contribution < -0.4 is 15.4 Å². The van der Waals surface area contributed by atoms with Crippen molar-refractivity contribution in [3.63, 3.8) is 0 Å². The van der Waals surface area contributed by atoms with Gasteiger partial charge < -0.3 is 10.1 Å². The molecule has 2 aromatic heterocycles. The van der Waals surface area contributed by atoms with Crippen molar-refractivity contribution in [1.29, 1.82) is 0 Å². The Labute approximate surface area is 126 Å². The van der Waals surface area contributed by atoms with E-state index in [0.29, 0.717) is 0 Å². The van der Waals surface area contributed by atoms with Crippen molar-refractivity contribution in [2.75, 3.05) is 19.0 Å². The Morgan fingerprint density at radius 2 is 2.18 bits per heavy atom. The molecule has 0 aromatic carbocycles. The highest BCUT2D eigenvalue weighted by atomic mass is 16.5. The quantitative estimate of drug-likeness (QED) is 0.797. The molecule has 0 aliphatic heterocycles. The topological polar surface area (TPSA) is 111 Å². The SMILES string of the molecule is COc1nn(C)cc1C(=O)NCC(=O)Nc1nccc(C)n1. The van der Waals surface area contributed by atoms with E-state index in [1.165, 1.54) is 24.2 Å². The van der Waals surface area contributed by atoms with Gasteiger partial charge in [-0.3, -0.25) is 19.6 Å². The van der Waals surface area contributed by atoms with Gasteiger partial charge in [0.25, 0.3) is 5.91 Å². The van der Waals surface area contributed by atoms with Crippen molar-refractivity contribution >= 4 is 17.8 Å². The standard InChI is InChI=1S/C13H16N6O3/c1-8-4-5-14-13(16-8)17-10(20)6-15-11(21)9-7-19(2)18-12(9)22-3/h4-5,7H,6H2,1-3H3,(H,15,21)(H,14,16,17,20). The summed E-state index contributed by atoms with van der Waals surface area (Å²) >= 11 is 0. The summed E-state index contributed by atoms with van der Waals surface area (Å²) in [5.74, 6) is -0.493. The Hall–Kier alpha value is -2.97. The lowest BCUT2D eigenvalue weighted by Crippen LogP contribution is -2.33. The maximum Gasteiger partial charge on any atom is 0.258 e. The molecule has 0 aliphatic carbocycles. The molecule has 2 heterocycles. The molecular weight excluding hydrogens is 288 g/mol. The molecule has 0 bridgehead atoms. The van der Waals surface area contributed by atoms with E-state index in [0.717, 1.165) is 5.69 Å². The number of rotatable bonds is 5. The predicted molar refractivity (Wildman–Crippen MR) is 77.5 cm³/mol. The molecule has 0 unspecified atom stereocenters. The molecular formula is C13H16N6O3. The average Bonchev–Trinajstić information content (AvgIpc) is 2.86. The van der Waals surface area contributed by atoms with Crippen molar-refractivity contribution in [1.82, 2.24) is 25.1 Å². The van der Waals surface area contributed by atoms with Crippen LogP contribution in [-0.4, -0.2) is 45.2 Å². The molecule has 9 nitrogen and oxygen atoms in total. The summed E-state index contributed by atoms with van der Waals surface area (Å²) in [5.41, 5.74) is 0.985. The second kappa shape index (κ2) is 6.66. The highest BCUT2D eigenvalue weighted by Gasteiger charge is 2.17. The molecule has 0 saturated heterocycles. The maximum atomic E-state index is 12.0. The fraction of sp³-hybridized carbons (Fsp3) is 0.308. The van der Waals surface area contributed by atoms with E-state index < -0.39 is 11.8 Å². The van der Waals surface area contributed by atoms with Crippen LogP contribution in [0.2, 0.25) is 0 Å². The molecule has 0 aliphatic rings. The molecule has 0 saturated carbocycles. The normalized spacial score (nSPS) is 10.1. The van der Waals surface area contributed by atoms with E-state index in [-0.39, 0.29) is 23.9 Å². The second-order valence-corrected chi connectivity index (χ2v) is 4.48. The van der Waals surface area contributed by atoms with Gasteiger partial charge in [0.15, 0.2) is 0 Å². The lowest BCUT2D eigenvalue weighted by Gasteiger charge is -2.06. The zero-order valence-electron chi connectivity index (χ0n) is 12.5. The van der Waals surface area contributed by atoms with Crippen molar-refractivity contribution in [3.05, 3.63) is 29.7 Å². The first-order valence-electron chi connectivity index (χ1n) is 6.45. The lowest BCUT2D eigenvalue weighted by molar-refractivity contribution is -0.115. The number of carbonyl (C=O) groups is 2. The van der Waals surface area contributed by atoms with Crippen LogP contribution in [0.3, 0.4) is 0 Å². The number of methoxy groups -OCH3 is 1. The molecule has 22 heavy (non-hydrogen) atoms. The van der Waals surface area contributed by atoms with Gasteiger partial charge in [0.1, 0.15) is 5.56 Å². The Kier molecular flexibility index (Phi) is 4.66. The number of ether oxygens (including phenoxy) is 1. The van der Waals surface area contributed by atoms with Gasteiger partial charge in [-0.05, 0) is 13.0 Å². The van der Waals surface area contributed by atoms with Crippen LogP contribution in [0.15, 0.2) is 18.5 Å². The molecule has 0 atom stereocenters. The van der Waals surface area contributed by atoms with Gasteiger partial charge in [0, 0.05) is 25.1 Å². The summed E-state index contributed by atoms with van der Waals surface area (Å²) < 4.78 is 6.44. The van der Waals surface area contributed by atoms with Crippen molar-refractivity contribution in [2.24, 2.45) is 7.05 Å². The molecule has 2 aromatic rings. The molecule has 2 amide bonds. The van der Waals surface area contributed by atoms with Crippen LogP contribution in [0.4, 0.5) is 5.95 Å². The third-order valence-electron chi connectivity index (χ3n) is 2.69. The molecule has 0 radical (unpaired) electrons. The summed E-state index contributed by atoms with van der Waals surface area (Å²) in [6, 6.07) is 1.71. The largest absolute Gasteiger partial charge is 0.479 e. The van der Waals surface area contributed by atoms with E-state index in [1.54, 1.807) is 20.0 Å². The van der Waals surface area contributed by atoms with E-state index in [1.807, 2.05) is 0 Å². The highest BCUT2D eigenvalue weighted by Crippen LogP contribution is 2.14. The van der Waals surface area contributed by atoms with Crippen molar-refractivity contribution < 1.29 is 14.3 Å². The van der Waals surface area contributed by atoms with E-state index in [9.17, 15) is 9.59 Å². The van der Waals surface area contributed by atoms with E-state index in [4.69, 9.17) is 4.74 Å². The number of aryl methyl sites for hydroxylation is 2. The van der Waals surface area contributed by atoms with E-state index in [2.05, 4.69) is 25.7 Å². The first kappa shape index (κ1) is 15.4. The number of hydrogen-bond donors (Lipinski definition) is 2. The lowest BCUT2D eigenvalue weighted by atomic mass is 10.3. The fourth-order valence-electron chi connectivity index (χ4n) is 1.71. The minimum atomic E-state index is -0.453. The number of aromatic nitrogens is 4. The van der Waals surface area contributed by atoms with Gasteiger partial charge in [-0.25, -0.2) is 9.97 Å². The summed E-state index contributed by atoms with van der Waals surface area (Å²) in [5, 5.41) is 8.94. The van der Waals surface area contributed by atoms with Crippen LogP contribution in [0.25, 0.3) is 0 Å². The first-order valence-corrected chi connectivity index (χ1v) is 6.45. The minimum absolute atomic E-state index is 0.193. The van der Waals surface area contributed by atoms with Crippen LogP contribution in [-0.2, 0) is 11.8 Å². The van der Waals surface area contributed by atoms with Gasteiger partial charge in [-0.2, -0.15) is 0 Å². The first-order chi connectivity index (χ1) is 10.5. The van der Waals surface area contributed by atoms with Crippen LogP contribution in [0.1, 0.15) is 16.1 Å². The van der Waals surface area contributed by atoms with Gasteiger partial charge in [0.2, 0.25) is 17.7 Å². The van der Waals surface area contributed by atoms with Gasteiger partial charge >= 0.3 is 0 Å². The Morgan fingerprint density at radius 3 is 2.86 bits per heavy atom. The minimum Gasteiger partial charge on any atom is -0.479 e. The number of anilines is 1. The smallest absolute Gasteiger partial charge is 0.258 e. The van der Waals surface area contributed by atoms with Gasteiger partial charge in [0.05, 0.1) is 13.7 Å². The number of nitrogens with zero attached hydrogens (tertiary/aromatic N) is 4. The zero-order valence-corrected chi connectivity index (χ0v) is 12.5. The molecule has 0 fully saturated rings. The molecule has 0 spiro atoms. The van der Waals surface area contributed by atoms with E-state index >= 15 is 0 Å². The Balaban J connectivity index is 1.92. The zero-order chi connectivity index (χ0) is 16.1. The molecule has 2 N–H and O–H groups in total. The Bertz CT molecular complexity index is 697. The maximum absolute atomic E-state index is 12.0. The second-order valence-electron chi connectivity index (χ2n) is 4.48. The van der Waals surface area contributed by atoms with Gasteiger partial charge in [-0.15, -0.1) is 5.10 Å². The summed E-state index contributed by atoms with van der Waals surface area (Å²) in [6.45, 7) is 1.57. The summed E-state index contributed by atoms with van der Waals surface area (Å²) in [7, 11) is 3.09. The summed E-state index contributed by atoms with van der Waals surface area (Å²) in [4.78, 5) is 31.7. The number of amides is 2. The third-order valence-corrected chi connectivity index (χ3v) is 2.69. The van der Waals surface area contributed by atoms with Gasteiger partial charge in [-0.1, -0.05) is 0 Å². The number of nitrogens with one attached hydrogen (secondary N) is 2. The summed E-state index contributed by atoms with van der Waals surface area (Å²) in [6.07, 6.45) is 3.05. The van der Waals surface area contributed by atoms with Crippen molar-refractivity contribution in [3.8, 4) is 5.88 Å².